The number of halogens is 1. The minimum Gasteiger partial charge on any atom is -0.480 e. The highest BCUT2D eigenvalue weighted by Crippen LogP contribution is 2.28. The number of hydrogen-bond acceptors (Lipinski definition) is 5. The van der Waals surface area contributed by atoms with Gasteiger partial charge < -0.3 is 5.11 Å². The van der Waals surface area contributed by atoms with Gasteiger partial charge in [-0.25, -0.2) is 9.29 Å². The molecule has 18 heavy (non-hydrogen) atoms. The molecule has 0 saturated carbocycles. The maximum Gasteiger partial charge on any atom is 0.323 e. The molecule has 0 bridgehead atoms. The minimum atomic E-state index is -4.10. The lowest BCUT2D eigenvalue weighted by atomic mass is 10.2. The molecule has 1 aliphatic heterocycles. The van der Waals surface area contributed by atoms with Gasteiger partial charge in [0.25, 0.3) is 15.9 Å². The molecule has 0 fully saturated rings. The van der Waals surface area contributed by atoms with E-state index in [9.17, 15) is 18.0 Å². The highest BCUT2D eigenvalue weighted by atomic mass is 35.5. The molecule has 9 heteroatoms. The Bertz CT molecular complexity index is 630. The lowest BCUT2D eigenvalue weighted by molar-refractivity contribution is -0.136. The summed E-state index contributed by atoms with van der Waals surface area (Å²) in [5.74, 6) is -2.21. The molecule has 1 aromatic rings. The highest BCUT2D eigenvalue weighted by Gasteiger charge is 2.43. The Labute approximate surface area is 107 Å². The van der Waals surface area contributed by atoms with E-state index in [1.807, 2.05) is 0 Å². The zero-order chi connectivity index (χ0) is 13.5. The van der Waals surface area contributed by atoms with Crippen molar-refractivity contribution in [1.29, 1.82) is 0 Å². The van der Waals surface area contributed by atoms with Crippen molar-refractivity contribution in [1.82, 2.24) is 9.29 Å². The van der Waals surface area contributed by atoms with Crippen LogP contribution in [0.5, 0.6) is 0 Å². The lowest BCUT2D eigenvalue weighted by Gasteiger charge is -2.15. The van der Waals surface area contributed by atoms with Gasteiger partial charge in [-0.05, 0) is 12.1 Å². The first-order valence-electron chi connectivity index (χ1n) is 4.74. The van der Waals surface area contributed by atoms with Crippen molar-refractivity contribution in [3.8, 4) is 0 Å². The van der Waals surface area contributed by atoms with Gasteiger partial charge in [-0.15, -0.1) is 11.6 Å². The van der Waals surface area contributed by atoms with Crippen LogP contribution in [0.1, 0.15) is 10.4 Å². The number of alkyl halides is 1. The second-order valence-corrected chi connectivity index (χ2v) is 5.81. The van der Waals surface area contributed by atoms with Crippen molar-refractivity contribution in [3.63, 3.8) is 0 Å². The number of aliphatic carboxylic acids is 1. The van der Waals surface area contributed by atoms with Crippen LogP contribution in [-0.4, -0.2) is 46.6 Å². The molecule has 96 valence electrons. The van der Waals surface area contributed by atoms with E-state index in [-0.39, 0.29) is 10.6 Å². The fraction of sp³-hybridized carbons (Fsp3) is 0.222. The highest BCUT2D eigenvalue weighted by molar-refractivity contribution is 7.90. The Hall–Kier alpha value is -1.67. The predicted molar refractivity (Wildman–Crippen MR) is 59.7 cm³/mol. The number of rotatable bonds is 3. The summed E-state index contributed by atoms with van der Waals surface area (Å²) < 4.78 is 24.3. The molecular formula is C9H7ClN2O5S. The van der Waals surface area contributed by atoms with Crippen LogP contribution in [-0.2, 0) is 14.8 Å². The maximum absolute atomic E-state index is 11.9. The average molecular weight is 291 g/mol. The molecule has 2 heterocycles. The molecule has 0 radical (unpaired) electrons. The zero-order valence-corrected chi connectivity index (χ0v) is 10.3. The molecule has 1 N–H and O–H groups in total. The number of carboxylic acid groups (broad SMARTS) is 1. The molecule has 1 aliphatic rings. The summed E-state index contributed by atoms with van der Waals surface area (Å²) in [4.78, 5) is 26.0. The monoisotopic (exact) mass is 290 g/mol. The van der Waals surface area contributed by atoms with Gasteiger partial charge in [0.15, 0.2) is 5.03 Å². The number of hydrogen-bond donors (Lipinski definition) is 1. The van der Waals surface area contributed by atoms with Gasteiger partial charge in [-0.2, -0.15) is 8.42 Å². The summed E-state index contributed by atoms with van der Waals surface area (Å²) in [6.07, 6.45) is 1.24. The Kier molecular flexibility index (Phi) is 2.99. The van der Waals surface area contributed by atoms with Gasteiger partial charge in [0.1, 0.15) is 5.38 Å². The van der Waals surface area contributed by atoms with Crippen molar-refractivity contribution >= 4 is 33.5 Å². The zero-order valence-electron chi connectivity index (χ0n) is 8.78. The number of fused-ring (bicyclic) bond motifs is 1. The number of sulfonamides is 1. The molecule has 1 aromatic heterocycles. The molecule has 2 rings (SSSR count). The largest absolute Gasteiger partial charge is 0.480 e. The summed E-state index contributed by atoms with van der Waals surface area (Å²) in [5, 5.41) is 6.76. The third kappa shape index (κ3) is 1.83. The molecule has 0 spiro atoms. The van der Waals surface area contributed by atoms with Gasteiger partial charge in [-0.1, -0.05) is 0 Å². The van der Waals surface area contributed by atoms with E-state index in [0.29, 0.717) is 4.31 Å². The number of nitrogens with zero attached hydrogens (tertiary/aromatic N) is 2. The van der Waals surface area contributed by atoms with Crippen LogP contribution in [0.15, 0.2) is 23.4 Å². The van der Waals surface area contributed by atoms with Crippen molar-refractivity contribution in [2.24, 2.45) is 0 Å². The molecule has 1 atom stereocenters. The first kappa shape index (κ1) is 12.8. The second kappa shape index (κ2) is 4.21. The Balaban J connectivity index is 2.43. The number of aromatic nitrogens is 1. The molecule has 0 aromatic carbocycles. The Morgan fingerprint density at radius 1 is 1.56 bits per heavy atom. The van der Waals surface area contributed by atoms with Gasteiger partial charge in [0.05, 0.1) is 12.1 Å². The van der Waals surface area contributed by atoms with Crippen LogP contribution in [0.3, 0.4) is 0 Å². The molecule has 7 nitrogen and oxygen atoms in total. The van der Waals surface area contributed by atoms with Crippen LogP contribution >= 0.6 is 11.6 Å². The number of pyridine rings is 1. The lowest BCUT2D eigenvalue weighted by Crippen LogP contribution is -2.38. The van der Waals surface area contributed by atoms with E-state index in [1.54, 1.807) is 0 Å². The van der Waals surface area contributed by atoms with E-state index < -0.39 is 33.8 Å². The number of carbonyl (C=O) groups is 2. The van der Waals surface area contributed by atoms with Crippen molar-refractivity contribution in [3.05, 3.63) is 23.9 Å². The molecule has 0 saturated heterocycles. The van der Waals surface area contributed by atoms with Gasteiger partial charge >= 0.3 is 5.97 Å². The van der Waals surface area contributed by atoms with Crippen LogP contribution in [0.25, 0.3) is 0 Å². The van der Waals surface area contributed by atoms with Gasteiger partial charge in [-0.3, -0.25) is 9.59 Å². The van der Waals surface area contributed by atoms with Crippen LogP contribution in [0.4, 0.5) is 0 Å². The first-order valence-corrected chi connectivity index (χ1v) is 6.62. The SMILES string of the molecule is O=C(O)C(Cl)CN1C(=O)c2cccnc2S1(=O)=O. The number of amides is 1. The predicted octanol–water partition coefficient (Wildman–Crippen LogP) is -0.0819. The fourth-order valence-corrected chi connectivity index (χ4v) is 3.23. The normalized spacial score (nSPS) is 18.5. The van der Waals surface area contributed by atoms with E-state index in [1.165, 1.54) is 18.3 Å². The van der Waals surface area contributed by atoms with E-state index >= 15 is 0 Å². The van der Waals surface area contributed by atoms with Crippen LogP contribution < -0.4 is 0 Å². The maximum atomic E-state index is 11.9. The minimum absolute atomic E-state index is 0.0771. The Morgan fingerprint density at radius 2 is 2.22 bits per heavy atom. The summed E-state index contributed by atoms with van der Waals surface area (Å²) in [7, 11) is -4.10. The van der Waals surface area contributed by atoms with Crippen LogP contribution in [0.2, 0.25) is 0 Å². The van der Waals surface area contributed by atoms with Crippen LogP contribution in [0, 0.1) is 0 Å². The summed E-state index contributed by atoms with van der Waals surface area (Å²) >= 11 is 5.45. The molecule has 1 unspecified atom stereocenters. The van der Waals surface area contributed by atoms with Gasteiger partial charge in [0, 0.05) is 6.20 Å². The van der Waals surface area contributed by atoms with E-state index in [0.717, 1.165) is 0 Å². The number of carboxylic acids is 1. The summed E-state index contributed by atoms with van der Waals surface area (Å²) in [6.45, 7) is -0.631. The fourth-order valence-electron chi connectivity index (χ4n) is 1.51. The van der Waals surface area contributed by atoms with Crippen molar-refractivity contribution in [2.45, 2.75) is 10.4 Å². The van der Waals surface area contributed by atoms with Gasteiger partial charge in [0.2, 0.25) is 0 Å². The molecular weight excluding hydrogens is 284 g/mol. The third-order valence-corrected chi connectivity index (χ3v) is 4.39. The average Bonchev–Trinajstić information content (AvgIpc) is 2.51. The van der Waals surface area contributed by atoms with E-state index in [4.69, 9.17) is 16.7 Å². The first-order chi connectivity index (χ1) is 8.35. The molecule has 1 amide bonds. The second-order valence-electron chi connectivity index (χ2n) is 3.50. The number of carbonyl (C=O) groups excluding carboxylic acids is 1. The summed E-state index contributed by atoms with van der Waals surface area (Å²) in [6, 6.07) is 2.73. The van der Waals surface area contributed by atoms with Crippen molar-refractivity contribution < 1.29 is 23.1 Å². The van der Waals surface area contributed by atoms with Crippen molar-refractivity contribution in [2.75, 3.05) is 6.54 Å². The summed E-state index contributed by atoms with van der Waals surface area (Å²) in [5.41, 5.74) is -0.0771. The smallest absolute Gasteiger partial charge is 0.323 e. The standard InChI is InChI=1S/C9H7ClN2O5S/c10-6(9(14)15)4-12-8(13)5-2-1-3-11-7(5)18(12,16)17/h1-3,6H,4H2,(H,14,15). The van der Waals surface area contributed by atoms with E-state index in [2.05, 4.69) is 4.98 Å². The topological polar surface area (TPSA) is 105 Å². The quantitative estimate of drug-likeness (QED) is 0.781. The third-order valence-electron chi connectivity index (χ3n) is 2.36. The molecule has 0 aliphatic carbocycles. The Morgan fingerprint density at radius 3 is 2.78 bits per heavy atom.